The van der Waals surface area contributed by atoms with Crippen molar-refractivity contribution >= 4 is 47.3 Å². The first-order chi connectivity index (χ1) is 24.5. The van der Waals surface area contributed by atoms with Crippen molar-refractivity contribution in [2.24, 2.45) is 0 Å². The second kappa shape index (κ2) is 17.7. The van der Waals surface area contributed by atoms with E-state index in [0.29, 0.717) is 60.3 Å². The number of phenols is 2. The van der Waals surface area contributed by atoms with Crippen LogP contribution in [-0.2, 0) is 12.8 Å². The predicted octanol–water partition coefficient (Wildman–Crippen LogP) is 6.60. The number of anilines is 4. The molecule has 6 N–H and O–H groups in total. The van der Waals surface area contributed by atoms with E-state index in [0.717, 1.165) is 33.8 Å². The topological polar surface area (TPSA) is 166 Å². The molecule has 0 unspecified atom stereocenters. The molecular formula is C36H36N10O2S2. The quantitative estimate of drug-likeness (QED) is 0.0562. The third kappa shape index (κ3) is 11.0. The molecule has 0 bridgehead atoms. The van der Waals surface area contributed by atoms with Crippen molar-refractivity contribution in [1.29, 1.82) is 0 Å². The van der Waals surface area contributed by atoms with Crippen LogP contribution in [0.25, 0.3) is 0 Å². The number of nitrogens with zero attached hydrogens (tertiary/aromatic N) is 6. The Hall–Kier alpha value is -5.60. The summed E-state index contributed by atoms with van der Waals surface area (Å²) >= 11 is 2.92. The van der Waals surface area contributed by atoms with E-state index in [2.05, 4.69) is 51.2 Å². The van der Waals surface area contributed by atoms with Crippen LogP contribution in [0.5, 0.6) is 11.5 Å². The maximum Gasteiger partial charge on any atom is 0.228 e. The average molecular weight is 705 g/mol. The molecule has 0 fully saturated rings. The summed E-state index contributed by atoms with van der Waals surface area (Å²) in [5.74, 6) is 2.31. The van der Waals surface area contributed by atoms with Crippen molar-refractivity contribution in [2.45, 2.75) is 32.9 Å². The van der Waals surface area contributed by atoms with Crippen molar-refractivity contribution in [2.75, 3.05) is 47.4 Å². The standard InChI is InChI=1S/C36H36N10O2S2/c47-27-15-11-25(12-16-27)19-21-37-31-41-33(45-35(43-31)49-29-7-3-1-4-8-29)39-23-24-40-34-42-32(38-22-20-26-13-17-28(48)18-14-26)44-36(46-34)50-30-9-5-2-6-10-30/h1-18,47-48H,19-24H2,(H2,37,39,41,43,45)(H2,38,40,42,44,46). The van der Waals surface area contributed by atoms with Gasteiger partial charge in [-0.15, -0.1) is 0 Å². The lowest BCUT2D eigenvalue weighted by molar-refractivity contribution is 0.474. The minimum atomic E-state index is 0.244. The highest BCUT2D eigenvalue weighted by Gasteiger charge is 2.11. The summed E-state index contributed by atoms with van der Waals surface area (Å²) in [7, 11) is 0. The van der Waals surface area contributed by atoms with E-state index in [1.165, 1.54) is 23.5 Å². The second-order valence-electron chi connectivity index (χ2n) is 10.9. The highest BCUT2D eigenvalue weighted by molar-refractivity contribution is 7.99. The largest absolute Gasteiger partial charge is 0.508 e. The zero-order valence-corrected chi connectivity index (χ0v) is 28.7. The Bertz CT molecular complexity index is 1800. The lowest BCUT2D eigenvalue weighted by atomic mass is 10.1. The summed E-state index contributed by atoms with van der Waals surface area (Å²) < 4.78 is 0. The maximum absolute atomic E-state index is 9.57. The molecule has 2 heterocycles. The molecule has 0 saturated carbocycles. The van der Waals surface area contributed by atoms with E-state index < -0.39 is 0 Å². The van der Waals surface area contributed by atoms with E-state index in [4.69, 9.17) is 0 Å². The van der Waals surface area contributed by atoms with Crippen LogP contribution >= 0.6 is 23.5 Å². The van der Waals surface area contributed by atoms with Gasteiger partial charge < -0.3 is 31.5 Å². The molecule has 0 aliphatic rings. The van der Waals surface area contributed by atoms with Gasteiger partial charge in [0.2, 0.25) is 23.8 Å². The molecule has 50 heavy (non-hydrogen) atoms. The summed E-state index contributed by atoms with van der Waals surface area (Å²) in [4.78, 5) is 29.8. The van der Waals surface area contributed by atoms with Gasteiger partial charge in [-0.2, -0.15) is 29.9 Å². The van der Waals surface area contributed by atoms with Crippen LogP contribution < -0.4 is 21.3 Å². The van der Waals surface area contributed by atoms with Crippen molar-refractivity contribution in [3.63, 3.8) is 0 Å². The van der Waals surface area contributed by atoms with Crippen LogP contribution in [0.3, 0.4) is 0 Å². The number of aromatic hydroxyl groups is 2. The number of benzene rings is 4. The number of phenolic OH excluding ortho intramolecular Hbond substituents is 2. The Morgan fingerprint density at radius 1 is 0.400 bits per heavy atom. The zero-order valence-electron chi connectivity index (χ0n) is 27.0. The van der Waals surface area contributed by atoms with Gasteiger partial charge in [0.05, 0.1) is 0 Å². The molecule has 12 nitrogen and oxygen atoms in total. The van der Waals surface area contributed by atoms with Crippen molar-refractivity contribution in [3.05, 3.63) is 120 Å². The van der Waals surface area contributed by atoms with Gasteiger partial charge >= 0.3 is 0 Å². The van der Waals surface area contributed by atoms with Gasteiger partial charge in [-0.3, -0.25) is 0 Å². The van der Waals surface area contributed by atoms with E-state index in [9.17, 15) is 10.2 Å². The summed E-state index contributed by atoms with van der Waals surface area (Å²) in [6, 6.07) is 34.2. The fourth-order valence-electron chi connectivity index (χ4n) is 4.62. The number of rotatable bonds is 17. The van der Waals surface area contributed by atoms with Crippen LogP contribution in [0.4, 0.5) is 23.8 Å². The number of nitrogens with one attached hydrogen (secondary N) is 4. The molecular weight excluding hydrogens is 669 g/mol. The van der Waals surface area contributed by atoms with E-state index >= 15 is 0 Å². The van der Waals surface area contributed by atoms with Crippen molar-refractivity contribution < 1.29 is 10.2 Å². The predicted molar refractivity (Wildman–Crippen MR) is 198 cm³/mol. The summed E-state index contributed by atoms with van der Waals surface area (Å²) in [6.07, 6.45) is 1.48. The van der Waals surface area contributed by atoms with Crippen LogP contribution in [0.1, 0.15) is 11.1 Å². The number of hydrogen-bond acceptors (Lipinski definition) is 14. The van der Waals surface area contributed by atoms with Crippen molar-refractivity contribution in [3.8, 4) is 11.5 Å². The third-order valence-electron chi connectivity index (χ3n) is 7.09. The van der Waals surface area contributed by atoms with Crippen LogP contribution in [0.15, 0.2) is 129 Å². The highest BCUT2D eigenvalue weighted by Crippen LogP contribution is 2.27. The SMILES string of the molecule is Oc1ccc(CCNc2nc(NCCNc3nc(NCCc4ccc(O)cc4)nc(Sc4ccccc4)n3)nc(Sc3ccccc3)n2)cc1. The van der Waals surface area contributed by atoms with Crippen LogP contribution in [0.2, 0.25) is 0 Å². The first-order valence-corrected chi connectivity index (χ1v) is 17.7. The zero-order chi connectivity index (χ0) is 34.4. The molecule has 0 saturated heterocycles. The van der Waals surface area contributed by atoms with Gasteiger partial charge in [0, 0.05) is 36.0 Å². The molecule has 0 spiro atoms. The average Bonchev–Trinajstić information content (AvgIpc) is 3.13. The summed E-state index contributed by atoms with van der Waals surface area (Å²) in [5, 5.41) is 33.5. The van der Waals surface area contributed by atoms with Gasteiger partial charge in [-0.25, -0.2) is 0 Å². The molecule has 0 aliphatic carbocycles. The van der Waals surface area contributed by atoms with Gasteiger partial charge in [0.15, 0.2) is 10.3 Å². The van der Waals surface area contributed by atoms with Crippen molar-refractivity contribution in [1.82, 2.24) is 29.9 Å². The minimum absolute atomic E-state index is 0.244. The highest BCUT2D eigenvalue weighted by atomic mass is 32.2. The second-order valence-corrected chi connectivity index (χ2v) is 13.0. The Kier molecular flexibility index (Phi) is 12.1. The Morgan fingerprint density at radius 2 is 0.740 bits per heavy atom. The van der Waals surface area contributed by atoms with E-state index in [1.807, 2.05) is 84.9 Å². The molecule has 4 aromatic carbocycles. The van der Waals surface area contributed by atoms with E-state index in [1.54, 1.807) is 24.3 Å². The molecule has 0 amide bonds. The Morgan fingerprint density at radius 3 is 1.10 bits per heavy atom. The van der Waals surface area contributed by atoms with Crippen LogP contribution in [0, 0.1) is 0 Å². The molecule has 0 aliphatic heterocycles. The first kappa shape index (κ1) is 34.3. The molecule has 6 aromatic rings. The fourth-order valence-corrected chi connectivity index (χ4v) is 6.16. The van der Waals surface area contributed by atoms with Gasteiger partial charge in [0.25, 0.3) is 0 Å². The number of hydrogen-bond donors (Lipinski definition) is 6. The summed E-state index contributed by atoms with van der Waals surface area (Å²) in [6.45, 7) is 2.20. The lowest BCUT2D eigenvalue weighted by Crippen LogP contribution is -2.19. The van der Waals surface area contributed by atoms with E-state index in [-0.39, 0.29) is 11.5 Å². The smallest absolute Gasteiger partial charge is 0.228 e. The molecule has 0 radical (unpaired) electrons. The van der Waals surface area contributed by atoms with Gasteiger partial charge in [-0.05, 0) is 96.0 Å². The normalized spacial score (nSPS) is 10.8. The van der Waals surface area contributed by atoms with Crippen LogP contribution in [-0.4, -0.2) is 66.3 Å². The molecule has 254 valence electrons. The summed E-state index contributed by atoms with van der Waals surface area (Å²) in [5.41, 5.74) is 2.18. The first-order valence-electron chi connectivity index (χ1n) is 16.0. The third-order valence-corrected chi connectivity index (χ3v) is 8.84. The molecule has 6 rings (SSSR count). The Balaban J connectivity index is 1.09. The monoisotopic (exact) mass is 704 g/mol. The van der Waals surface area contributed by atoms with Gasteiger partial charge in [-0.1, -0.05) is 60.7 Å². The minimum Gasteiger partial charge on any atom is -0.508 e. The van der Waals surface area contributed by atoms with Gasteiger partial charge in [0.1, 0.15) is 11.5 Å². The lowest BCUT2D eigenvalue weighted by Gasteiger charge is -2.12. The molecule has 14 heteroatoms. The Labute approximate surface area is 298 Å². The fraction of sp³-hybridized carbons (Fsp3) is 0.167. The number of aromatic nitrogens is 6. The molecule has 2 aromatic heterocycles. The maximum atomic E-state index is 9.57. The molecule has 0 atom stereocenters.